The zero-order valence-corrected chi connectivity index (χ0v) is 23.2. The number of fused-ring (bicyclic) bond motifs is 1. The minimum absolute atomic E-state index is 0.133. The van der Waals surface area contributed by atoms with Gasteiger partial charge in [-0.15, -0.1) is 11.3 Å². The average Bonchev–Trinajstić information content (AvgIpc) is 3.36. The molecule has 0 radical (unpaired) electrons. The summed E-state index contributed by atoms with van der Waals surface area (Å²) in [4.78, 5) is 39.5. The number of methoxy groups -OCH3 is 1. The lowest BCUT2D eigenvalue weighted by Gasteiger charge is -2.12. The molecule has 4 rings (SSSR count). The topological polar surface area (TPSA) is 99.4 Å². The highest BCUT2D eigenvalue weighted by Crippen LogP contribution is 2.35. The summed E-state index contributed by atoms with van der Waals surface area (Å²) in [5, 5.41) is 2.98. The van der Waals surface area contributed by atoms with Gasteiger partial charge >= 0.3 is 5.69 Å². The molecule has 1 amide bonds. The molecule has 0 fully saturated rings. The van der Waals surface area contributed by atoms with E-state index in [0.717, 1.165) is 27.5 Å². The summed E-state index contributed by atoms with van der Waals surface area (Å²) < 4.78 is 47.3. The van der Waals surface area contributed by atoms with Crippen molar-refractivity contribution in [2.45, 2.75) is 23.6 Å². The van der Waals surface area contributed by atoms with Crippen LogP contribution in [-0.2, 0) is 36.6 Å². The maximum Gasteiger partial charge on any atom is 0.331 e. The Balaban J connectivity index is 1.53. The number of ether oxygens (including phenoxy) is 1. The van der Waals surface area contributed by atoms with E-state index in [4.69, 9.17) is 4.74 Å². The Labute approximate surface area is 224 Å². The monoisotopic (exact) mass is 579 g/mol. The summed E-state index contributed by atoms with van der Waals surface area (Å²) >= 11 is 1.02. The molecular weight excluding hydrogens is 555 g/mol. The van der Waals surface area contributed by atoms with E-state index in [1.54, 1.807) is 19.2 Å². The molecule has 2 aromatic carbocycles. The van der Waals surface area contributed by atoms with Crippen LogP contribution >= 0.6 is 20.6 Å². The molecule has 2 unspecified atom stereocenters. The van der Waals surface area contributed by atoms with Gasteiger partial charge in [0.05, 0.1) is 28.2 Å². The number of hydrogen-bond donors (Lipinski definition) is 1. The van der Waals surface area contributed by atoms with Crippen molar-refractivity contribution in [2.24, 2.45) is 7.05 Å². The molecule has 2 heterocycles. The maximum atomic E-state index is 13.6. The SMILES string of the molecule is COc1ccc(CNC(=O)c2cc3c(=O)n(CCS(=O)c4cccc(C(F)(F)P)c4)c(=O)n(C)c3s2)cc1. The molecule has 8 nitrogen and oxygen atoms in total. The largest absolute Gasteiger partial charge is 0.497 e. The zero-order chi connectivity index (χ0) is 27.6. The summed E-state index contributed by atoms with van der Waals surface area (Å²) in [6.45, 7) is 0.0697. The lowest BCUT2D eigenvalue weighted by molar-refractivity contribution is 0.0954. The fraction of sp³-hybridized carbons (Fsp3) is 0.240. The number of aryl methyl sites for hydroxylation is 1. The van der Waals surface area contributed by atoms with Gasteiger partial charge in [0.2, 0.25) is 0 Å². The molecule has 0 spiro atoms. The molecule has 200 valence electrons. The van der Waals surface area contributed by atoms with Gasteiger partial charge in [-0.25, -0.2) is 4.79 Å². The minimum Gasteiger partial charge on any atom is -0.497 e. The van der Waals surface area contributed by atoms with Gasteiger partial charge in [-0.3, -0.25) is 22.9 Å². The van der Waals surface area contributed by atoms with E-state index in [2.05, 4.69) is 5.32 Å². The molecule has 2 aromatic heterocycles. The number of rotatable bonds is 9. The third-order valence-corrected chi connectivity index (χ3v) is 8.71. The molecule has 0 saturated heterocycles. The number of benzene rings is 2. The van der Waals surface area contributed by atoms with Gasteiger partial charge < -0.3 is 10.1 Å². The van der Waals surface area contributed by atoms with Crippen LogP contribution in [-0.4, -0.2) is 32.1 Å². The molecule has 0 aliphatic rings. The maximum absolute atomic E-state index is 13.6. The Kier molecular flexibility index (Phi) is 8.25. The van der Waals surface area contributed by atoms with Gasteiger partial charge in [0.15, 0.2) is 0 Å². The highest BCUT2D eigenvalue weighted by Gasteiger charge is 2.25. The van der Waals surface area contributed by atoms with E-state index in [1.165, 1.54) is 45.1 Å². The summed E-state index contributed by atoms with van der Waals surface area (Å²) in [5.41, 5.74) is -3.86. The molecule has 38 heavy (non-hydrogen) atoms. The first-order valence-electron chi connectivity index (χ1n) is 11.3. The molecule has 4 aromatic rings. The van der Waals surface area contributed by atoms with Crippen LogP contribution in [0.15, 0.2) is 69.1 Å². The number of amides is 1. The van der Waals surface area contributed by atoms with Crippen molar-refractivity contribution in [1.82, 2.24) is 14.5 Å². The number of alkyl halides is 2. The first-order valence-corrected chi connectivity index (χ1v) is 14.0. The van der Waals surface area contributed by atoms with Gasteiger partial charge in [-0.05, 0) is 35.9 Å². The second-order valence-electron chi connectivity index (χ2n) is 8.36. The number of nitrogens with zero attached hydrogens (tertiary/aromatic N) is 2. The molecule has 0 aliphatic heterocycles. The molecule has 0 bridgehead atoms. The lowest BCUT2D eigenvalue weighted by Crippen LogP contribution is -2.39. The van der Waals surface area contributed by atoms with Crippen LogP contribution in [0.3, 0.4) is 0 Å². The zero-order valence-electron chi connectivity index (χ0n) is 20.4. The number of carbonyl (C=O) groups is 1. The van der Waals surface area contributed by atoms with Gasteiger partial charge in [0, 0.05) is 36.3 Å². The molecule has 0 aliphatic carbocycles. The predicted molar refractivity (Wildman–Crippen MR) is 147 cm³/mol. The van der Waals surface area contributed by atoms with Crippen LogP contribution in [0.5, 0.6) is 5.75 Å². The first-order chi connectivity index (χ1) is 18.0. The Morgan fingerprint density at radius 2 is 1.87 bits per heavy atom. The average molecular weight is 580 g/mol. The number of aromatic nitrogens is 2. The molecule has 13 heteroatoms. The Hall–Kier alpha value is -3.21. The van der Waals surface area contributed by atoms with Gasteiger partial charge in [-0.2, -0.15) is 8.78 Å². The molecule has 2 atom stereocenters. The van der Waals surface area contributed by atoms with Gasteiger partial charge in [0.25, 0.3) is 17.1 Å². The third kappa shape index (κ3) is 5.92. The van der Waals surface area contributed by atoms with Crippen LogP contribution in [0, 0.1) is 0 Å². The van der Waals surface area contributed by atoms with E-state index in [0.29, 0.717) is 10.6 Å². The predicted octanol–water partition coefficient (Wildman–Crippen LogP) is 3.43. The summed E-state index contributed by atoms with van der Waals surface area (Å²) in [6.07, 6.45) is 0. The number of hydrogen-bond acceptors (Lipinski definition) is 6. The fourth-order valence-corrected chi connectivity index (χ4v) is 6.02. The lowest BCUT2D eigenvalue weighted by atomic mass is 10.2. The fourth-order valence-electron chi connectivity index (χ4n) is 3.74. The molecule has 1 N–H and O–H groups in total. The Morgan fingerprint density at radius 1 is 1.16 bits per heavy atom. The minimum atomic E-state index is -3.17. The Morgan fingerprint density at radius 3 is 2.53 bits per heavy atom. The van der Waals surface area contributed by atoms with Crippen molar-refractivity contribution >= 4 is 47.5 Å². The van der Waals surface area contributed by atoms with E-state index in [-0.39, 0.29) is 39.6 Å². The second-order valence-corrected chi connectivity index (χ2v) is 11.7. The third-order valence-electron chi connectivity index (χ3n) is 5.83. The van der Waals surface area contributed by atoms with Crippen LogP contribution in [0.25, 0.3) is 10.2 Å². The van der Waals surface area contributed by atoms with Crippen molar-refractivity contribution in [1.29, 1.82) is 0 Å². The van der Waals surface area contributed by atoms with Crippen molar-refractivity contribution in [2.75, 3.05) is 12.9 Å². The van der Waals surface area contributed by atoms with Crippen LogP contribution < -0.4 is 21.3 Å². The standard InChI is InChI=1S/C25H24F2N3O5PS2/c1-29-23-19(13-20(37-23)21(31)28-14-15-6-8-17(35-2)9-7-15)22(32)30(24(29)33)10-11-38(34)18-5-3-4-16(12-18)25(26,27)36/h3-9,12-13H,10-11,14,36H2,1-2H3,(H,28,31). The van der Waals surface area contributed by atoms with E-state index in [9.17, 15) is 27.4 Å². The smallest absolute Gasteiger partial charge is 0.331 e. The second kappa shape index (κ2) is 11.3. The van der Waals surface area contributed by atoms with Crippen molar-refractivity contribution in [3.63, 3.8) is 0 Å². The summed E-state index contributed by atoms with van der Waals surface area (Å²) in [6, 6.07) is 13.8. The number of thiophene rings is 1. The highest BCUT2D eigenvalue weighted by atomic mass is 32.2. The number of nitrogens with one attached hydrogen (secondary N) is 1. The first kappa shape index (κ1) is 27.8. The van der Waals surface area contributed by atoms with Crippen LogP contribution in [0.4, 0.5) is 8.78 Å². The number of carbonyl (C=O) groups excluding carboxylic acids is 1. The van der Waals surface area contributed by atoms with Gasteiger partial charge in [0.1, 0.15) is 10.6 Å². The molecule has 0 saturated carbocycles. The van der Waals surface area contributed by atoms with Gasteiger partial charge in [-0.1, -0.05) is 33.5 Å². The van der Waals surface area contributed by atoms with Crippen molar-refractivity contribution in [3.8, 4) is 5.75 Å². The highest BCUT2D eigenvalue weighted by molar-refractivity contribution is 7.85. The van der Waals surface area contributed by atoms with Crippen LogP contribution in [0.2, 0.25) is 0 Å². The van der Waals surface area contributed by atoms with E-state index in [1.807, 2.05) is 12.1 Å². The summed E-state index contributed by atoms with van der Waals surface area (Å²) in [7, 11) is 2.75. The van der Waals surface area contributed by atoms with Crippen LogP contribution in [0.1, 0.15) is 20.8 Å². The number of halogens is 2. The summed E-state index contributed by atoms with van der Waals surface area (Å²) in [5.74, 6) is 0.166. The molecular formula is C25H24F2N3O5PS2. The quantitative estimate of drug-likeness (QED) is 0.307. The normalized spacial score (nSPS) is 12.4. The van der Waals surface area contributed by atoms with Crippen molar-refractivity contribution in [3.05, 3.63) is 91.4 Å². The van der Waals surface area contributed by atoms with E-state index >= 15 is 0 Å². The van der Waals surface area contributed by atoms with Crippen molar-refractivity contribution < 1.29 is 22.5 Å². The van der Waals surface area contributed by atoms with E-state index < -0.39 is 33.6 Å². The Bertz CT molecular complexity index is 1640.